The molecule has 0 bridgehead atoms. The molecular formula is C23H21F2N5O. The second-order valence-electron chi connectivity index (χ2n) is 7.14. The van der Waals surface area contributed by atoms with Crippen molar-refractivity contribution in [2.45, 2.75) is 19.3 Å². The fourth-order valence-electron chi connectivity index (χ4n) is 3.46. The topological polar surface area (TPSA) is 70.2 Å². The third-order valence-electron chi connectivity index (χ3n) is 5.00. The molecule has 0 saturated heterocycles. The summed E-state index contributed by atoms with van der Waals surface area (Å²) in [5.74, 6) is -1.01. The Morgan fingerprint density at radius 3 is 2.61 bits per heavy atom. The van der Waals surface area contributed by atoms with Gasteiger partial charge in [-0.15, -0.1) is 0 Å². The smallest absolute Gasteiger partial charge is 0.250 e. The minimum atomic E-state index is -0.626. The number of carbonyl (C=O) groups excluding carboxylic acids is 1. The Morgan fingerprint density at radius 1 is 1.06 bits per heavy atom. The average molecular weight is 421 g/mol. The summed E-state index contributed by atoms with van der Waals surface area (Å²) in [5, 5.41) is 5.88. The largest absolute Gasteiger partial charge is 0.338 e. The van der Waals surface area contributed by atoms with Gasteiger partial charge in [-0.2, -0.15) is 4.98 Å². The number of amides is 1. The van der Waals surface area contributed by atoms with Crippen LogP contribution in [0.1, 0.15) is 18.4 Å². The van der Waals surface area contributed by atoms with Crippen LogP contribution in [0.15, 0.2) is 61.3 Å². The van der Waals surface area contributed by atoms with Crippen LogP contribution in [0, 0.1) is 11.6 Å². The molecule has 8 heteroatoms. The molecule has 1 aromatic heterocycles. The van der Waals surface area contributed by atoms with E-state index in [2.05, 4.69) is 27.2 Å². The van der Waals surface area contributed by atoms with Gasteiger partial charge in [0.25, 0.3) is 0 Å². The Labute approximate surface area is 178 Å². The van der Waals surface area contributed by atoms with Crippen LogP contribution in [0.5, 0.6) is 0 Å². The standard InChI is InChI=1S/C23H21F2N5O/c1-2-21(31)30-12-4-3-5-15-6-9-18(13-20(15)30)27-22-19(25)14-26-23(29-22)28-17-10-7-16(24)8-11-17/h2,6-11,13-14H,1,3-5,12H2,(H2,26,27,28,29). The number of aromatic nitrogens is 2. The van der Waals surface area contributed by atoms with E-state index in [4.69, 9.17) is 0 Å². The van der Waals surface area contributed by atoms with Gasteiger partial charge in [0, 0.05) is 23.6 Å². The zero-order chi connectivity index (χ0) is 21.8. The van der Waals surface area contributed by atoms with Crippen LogP contribution in [-0.4, -0.2) is 22.4 Å². The summed E-state index contributed by atoms with van der Waals surface area (Å²) in [6.07, 6.45) is 5.10. The summed E-state index contributed by atoms with van der Waals surface area (Å²) < 4.78 is 27.4. The molecule has 0 aliphatic carbocycles. The molecule has 0 fully saturated rings. The molecule has 2 heterocycles. The van der Waals surface area contributed by atoms with Crippen LogP contribution in [0.2, 0.25) is 0 Å². The number of carbonyl (C=O) groups is 1. The highest BCUT2D eigenvalue weighted by atomic mass is 19.1. The van der Waals surface area contributed by atoms with Gasteiger partial charge in [-0.1, -0.05) is 12.6 Å². The van der Waals surface area contributed by atoms with E-state index in [0.29, 0.717) is 17.9 Å². The van der Waals surface area contributed by atoms with Gasteiger partial charge in [-0.3, -0.25) is 4.79 Å². The SMILES string of the molecule is C=CC(=O)N1CCCCc2ccc(Nc3nc(Nc4ccc(F)cc4)ncc3F)cc21. The molecule has 1 amide bonds. The zero-order valence-corrected chi connectivity index (χ0v) is 16.7. The second-order valence-corrected chi connectivity index (χ2v) is 7.14. The molecule has 6 nitrogen and oxygen atoms in total. The first kappa shape index (κ1) is 20.5. The van der Waals surface area contributed by atoms with Gasteiger partial charge in [-0.25, -0.2) is 13.8 Å². The molecule has 31 heavy (non-hydrogen) atoms. The molecule has 1 aliphatic heterocycles. The Kier molecular flexibility index (Phi) is 5.88. The monoisotopic (exact) mass is 421 g/mol. The van der Waals surface area contributed by atoms with Crippen molar-refractivity contribution < 1.29 is 13.6 Å². The normalized spacial score (nSPS) is 13.2. The van der Waals surface area contributed by atoms with Gasteiger partial charge in [0.15, 0.2) is 11.6 Å². The van der Waals surface area contributed by atoms with Crippen molar-refractivity contribution >= 4 is 34.7 Å². The van der Waals surface area contributed by atoms with E-state index in [0.717, 1.165) is 36.7 Å². The fraction of sp³-hybridized carbons (Fsp3) is 0.174. The zero-order valence-electron chi connectivity index (χ0n) is 16.7. The number of fused-ring (bicyclic) bond motifs is 1. The van der Waals surface area contributed by atoms with Crippen LogP contribution in [0.4, 0.5) is 37.6 Å². The lowest BCUT2D eigenvalue weighted by atomic mass is 10.1. The first-order valence-corrected chi connectivity index (χ1v) is 9.92. The molecule has 0 radical (unpaired) electrons. The van der Waals surface area contributed by atoms with Gasteiger partial charge < -0.3 is 15.5 Å². The van der Waals surface area contributed by atoms with E-state index in [-0.39, 0.29) is 23.5 Å². The highest BCUT2D eigenvalue weighted by Crippen LogP contribution is 2.31. The Balaban J connectivity index is 1.60. The number of nitrogens with zero attached hydrogens (tertiary/aromatic N) is 3. The summed E-state index contributed by atoms with van der Waals surface area (Å²) in [6, 6.07) is 11.3. The van der Waals surface area contributed by atoms with Gasteiger partial charge in [0.1, 0.15) is 5.82 Å². The number of halogens is 2. The molecule has 3 aromatic rings. The molecule has 2 aromatic carbocycles. The molecule has 158 valence electrons. The lowest BCUT2D eigenvalue weighted by molar-refractivity contribution is -0.114. The van der Waals surface area contributed by atoms with E-state index in [1.165, 1.54) is 30.3 Å². The predicted molar refractivity (Wildman–Crippen MR) is 117 cm³/mol. The highest BCUT2D eigenvalue weighted by Gasteiger charge is 2.20. The van der Waals surface area contributed by atoms with Crippen LogP contribution in [0.3, 0.4) is 0 Å². The first-order chi connectivity index (χ1) is 15.0. The van der Waals surface area contributed by atoms with Crippen molar-refractivity contribution in [2.24, 2.45) is 0 Å². The number of nitrogens with one attached hydrogen (secondary N) is 2. The Hall–Kier alpha value is -3.81. The van der Waals surface area contributed by atoms with Crippen molar-refractivity contribution in [3.8, 4) is 0 Å². The number of hydrogen-bond acceptors (Lipinski definition) is 5. The molecule has 0 spiro atoms. The summed E-state index contributed by atoms with van der Waals surface area (Å²) in [7, 11) is 0. The maximum atomic E-state index is 14.4. The van der Waals surface area contributed by atoms with Crippen LogP contribution in [-0.2, 0) is 11.2 Å². The number of hydrogen-bond donors (Lipinski definition) is 2. The quantitative estimate of drug-likeness (QED) is 0.561. The van der Waals surface area contributed by atoms with Gasteiger partial charge in [-0.05, 0) is 67.3 Å². The molecule has 0 saturated carbocycles. The molecule has 2 N–H and O–H groups in total. The highest BCUT2D eigenvalue weighted by molar-refractivity contribution is 6.02. The van der Waals surface area contributed by atoms with Crippen molar-refractivity contribution in [1.29, 1.82) is 0 Å². The maximum Gasteiger partial charge on any atom is 0.250 e. The Bertz CT molecular complexity index is 1120. The minimum Gasteiger partial charge on any atom is -0.338 e. The lowest BCUT2D eigenvalue weighted by Gasteiger charge is -2.22. The van der Waals surface area contributed by atoms with E-state index >= 15 is 0 Å². The third kappa shape index (κ3) is 4.69. The number of benzene rings is 2. The fourth-order valence-corrected chi connectivity index (χ4v) is 3.46. The van der Waals surface area contributed by atoms with E-state index in [1.54, 1.807) is 4.90 Å². The average Bonchev–Trinajstić information content (AvgIpc) is 2.99. The van der Waals surface area contributed by atoms with E-state index < -0.39 is 5.82 Å². The maximum absolute atomic E-state index is 14.4. The summed E-state index contributed by atoms with van der Waals surface area (Å²) >= 11 is 0. The first-order valence-electron chi connectivity index (χ1n) is 9.92. The van der Waals surface area contributed by atoms with Crippen molar-refractivity contribution in [3.63, 3.8) is 0 Å². The summed E-state index contributed by atoms with van der Waals surface area (Å²) in [6.45, 7) is 4.19. The third-order valence-corrected chi connectivity index (χ3v) is 5.00. The molecule has 0 atom stereocenters. The van der Waals surface area contributed by atoms with Crippen molar-refractivity contribution in [1.82, 2.24) is 9.97 Å². The molecule has 1 aliphatic rings. The Morgan fingerprint density at radius 2 is 1.84 bits per heavy atom. The molecule has 0 unspecified atom stereocenters. The minimum absolute atomic E-state index is 0.0187. The molecular weight excluding hydrogens is 400 g/mol. The van der Waals surface area contributed by atoms with Gasteiger partial charge >= 0.3 is 0 Å². The molecule has 4 rings (SSSR count). The van der Waals surface area contributed by atoms with E-state index in [1.807, 2.05) is 18.2 Å². The van der Waals surface area contributed by atoms with Gasteiger partial charge in [0.05, 0.1) is 6.20 Å². The lowest BCUT2D eigenvalue weighted by Crippen LogP contribution is -2.29. The predicted octanol–water partition coefficient (Wildman–Crippen LogP) is 5.10. The summed E-state index contributed by atoms with van der Waals surface area (Å²) in [4.78, 5) is 22.1. The van der Waals surface area contributed by atoms with Crippen LogP contribution < -0.4 is 15.5 Å². The summed E-state index contributed by atoms with van der Waals surface area (Å²) in [5.41, 5.74) is 3.00. The number of anilines is 5. The van der Waals surface area contributed by atoms with Crippen molar-refractivity contribution in [3.05, 3.63) is 78.5 Å². The number of rotatable bonds is 5. The van der Waals surface area contributed by atoms with Crippen LogP contribution in [0.25, 0.3) is 0 Å². The second kappa shape index (κ2) is 8.91. The van der Waals surface area contributed by atoms with Gasteiger partial charge in [0.2, 0.25) is 11.9 Å². The number of aryl methyl sites for hydroxylation is 1. The van der Waals surface area contributed by atoms with E-state index in [9.17, 15) is 13.6 Å². The van der Waals surface area contributed by atoms with Crippen LogP contribution >= 0.6 is 0 Å². The van der Waals surface area contributed by atoms with Crippen molar-refractivity contribution in [2.75, 3.05) is 22.1 Å².